The molecule has 0 aliphatic carbocycles. The quantitative estimate of drug-likeness (QED) is 0.467. The van der Waals surface area contributed by atoms with Gasteiger partial charge in [-0.05, 0) is 38.1 Å². The lowest BCUT2D eigenvalue weighted by atomic mass is 10.2. The second-order valence-corrected chi connectivity index (χ2v) is 4.43. The van der Waals surface area contributed by atoms with Crippen LogP contribution in [0.3, 0.4) is 0 Å². The molecule has 0 aliphatic heterocycles. The number of amides is 2. The molecule has 1 aromatic rings. The molecule has 0 saturated heterocycles. The molecule has 1 rings (SSSR count). The van der Waals surface area contributed by atoms with Gasteiger partial charge in [-0.3, -0.25) is 9.59 Å². The van der Waals surface area contributed by atoms with Crippen LogP contribution in [0.4, 0.5) is 11.4 Å². The summed E-state index contributed by atoms with van der Waals surface area (Å²) < 4.78 is 9.14. The van der Waals surface area contributed by atoms with Gasteiger partial charge in [0.2, 0.25) is 0 Å². The number of rotatable bonds is 4. The van der Waals surface area contributed by atoms with Crippen LogP contribution >= 0.6 is 0 Å². The highest BCUT2D eigenvalue weighted by Gasteiger charge is 2.02. The Hall–Kier alpha value is -3.78. The molecule has 0 heterocycles. The van der Waals surface area contributed by atoms with Crippen molar-refractivity contribution >= 4 is 35.1 Å². The number of hydrogen-bond acceptors (Lipinski definition) is 6. The van der Waals surface area contributed by atoms with Crippen molar-refractivity contribution in [3.05, 3.63) is 24.3 Å². The summed E-state index contributed by atoms with van der Waals surface area (Å²) in [6, 6.07) is 6.05. The predicted molar refractivity (Wildman–Crippen MR) is 92.5 cm³/mol. The summed E-state index contributed by atoms with van der Waals surface area (Å²) in [5.41, 5.74) is 0.813. The van der Waals surface area contributed by atoms with Crippen molar-refractivity contribution in [2.75, 3.05) is 23.8 Å². The van der Waals surface area contributed by atoms with Crippen molar-refractivity contribution in [2.24, 2.45) is 0 Å². The second-order valence-electron chi connectivity index (χ2n) is 4.43. The molecule has 26 heavy (non-hydrogen) atoms. The van der Waals surface area contributed by atoms with Gasteiger partial charge in [-0.15, -0.1) is 0 Å². The van der Waals surface area contributed by atoms with Crippen LogP contribution in [0.25, 0.3) is 0 Å². The van der Waals surface area contributed by atoms with Gasteiger partial charge in [-0.2, -0.15) is 0 Å². The number of ether oxygens (including phenoxy) is 2. The lowest BCUT2D eigenvalue weighted by molar-refractivity contribution is -0.137. The third-order valence-electron chi connectivity index (χ3n) is 2.51. The Bertz CT molecular complexity index is 737. The lowest BCUT2D eigenvalue weighted by Crippen LogP contribution is -2.11. The molecule has 0 saturated carbocycles. The van der Waals surface area contributed by atoms with Crippen molar-refractivity contribution in [3.8, 4) is 23.7 Å². The van der Waals surface area contributed by atoms with E-state index in [1.54, 1.807) is 13.8 Å². The van der Waals surface area contributed by atoms with Gasteiger partial charge in [0.05, 0.1) is 13.2 Å². The Morgan fingerprint density at radius 1 is 0.731 bits per heavy atom. The maximum Gasteiger partial charge on any atom is 0.384 e. The van der Waals surface area contributed by atoms with E-state index in [2.05, 4.69) is 31.9 Å². The topological polar surface area (TPSA) is 111 Å². The zero-order valence-corrected chi connectivity index (χ0v) is 14.2. The van der Waals surface area contributed by atoms with Crippen LogP contribution in [0.5, 0.6) is 0 Å². The fourth-order valence-corrected chi connectivity index (χ4v) is 1.51. The molecule has 0 fully saturated rings. The molecule has 2 amide bonds. The summed E-state index contributed by atoms with van der Waals surface area (Å²) in [7, 11) is 0. The van der Waals surface area contributed by atoms with Crippen LogP contribution in [0.2, 0.25) is 0 Å². The number of hydrogen-bond donors (Lipinski definition) is 2. The first-order valence-electron chi connectivity index (χ1n) is 7.54. The minimum Gasteiger partial charge on any atom is -0.456 e. The summed E-state index contributed by atoms with van der Waals surface area (Å²) >= 11 is 0. The molecule has 0 spiro atoms. The monoisotopic (exact) mass is 356 g/mol. The third kappa shape index (κ3) is 8.18. The highest BCUT2D eigenvalue weighted by Crippen LogP contribution is 2.13. The average molecular weight is 356 g/mol. The maximum atomic E-state index is 11.6. The molecule has 8 heteroatoms. The SMILES string of the molecule is CCOC(=O)C#CC(=O)Nc1ccc(NC(=O)C#CC(=O)OCC)cc1. The van der Waals surface area contributed by atoms with Crippen molar-refractivity contribution in [1.29, 1.82) is 0 Å². The zero-order valence-electron chi connectivity index (χ0n) is 14.2. The number of anilines is 2. The van der Waals surface area contributed by atoms with E-state index in [-0.39, 0.29) is 13.2 Å². The third-order valence-corrected chi connectivity index (χ3v) is 2.51. The van der Waals surface area contributed by atoms with Gasteiger partial charge in [0.1, 0.15) is 0 Å². The summed E-state index contributed by atoms with van der Waals surface area (Å²) in [5.74, 6) is 5.32. The van der Waals surface area contributed by atoms with Crippen LogP contribution < -0.4 is 10.6 Å². The van der Waals surface area contributed by atoms with E-state index in [1.807, 2.05) is 11.8 Å². The van der Waals surface area contributed by atoms with Crippen molar-refractivity contribution in [3.63, 3.8) is 0 Å². The largest absolute Gasteiger partial charge is 0.456 e. The van der Waals surface area contributed by atoms with Crippen molar-refractivity contribution in [1.82, 2.24) is 0 Å². The summed E-state index contributed by atoms with van der Waals surface area (Å²) in [6.45, 7) is 3.60. The standard InChI is InChI=1S/C18H16N2O6/c1-3-25-17(23)11-9-15(21)19-13-5-7-14(8-6-13)20-16(22)10-12-18(24)26-4-2/h5-8H,3-4H2,1-2H3,(H,19,21)(H,20,22). The number of benzene rings is 1. The maximum absolute atomic E-state index is 11.6. The van der Waals surface area contributed by atoms with Gasteiger partial charge in [-0.25, -0.2) is 9.59 Å². The van der Waals surface area contributed by atoms with E-state index in [4.69, 9.17) is 0 Å². The first-order chi connectivity index (χ1) is 12.4. The molecule has 0 atom stereocenters. The van der Waals surface area contributed by atoms with Crippen LogP contribution in [0.15, 0.2) is 24.3 Å². The van der Waals surface area contributed by atoms with Crippen molar-refractivity contribution < 1.29 is 28.7 Å². The first kappa shape index (κ1) is 20.3. The molecule has 0 radical (unpaired) electrons. The van der Waals surface area contributed by atoms with Gasteiger partial charge in [0, 0.05) is 35.1 Å². The smallest absolute Gasteiger partial charge is 0.384 e. The normalized spacial score (nSPS) is 8.69. The van der Waals surface area contributed by atoms with E-state index in [0.29, 0.717) is 11.4 Å². The Labute approximate surface area is 150 Å². The average Bonchev–Trinajstić information content (AvgIpc) is 2.60. The molecule has 2 N–H and O–H groups in total. The fraction of sp³-hybridized carbons (Fsp3) is 0.222. The first-order valence-corrected chi connectivity index (χ1v) is 7.54. The van der Waals surface area contributed by atoms with E-state index in [9.17, 15) is 19.2 Å². The van der Waals surface area contributed by atoms with Gasteiger partial charge in [-0.1, -0.05) is 0 Å². The van der Waals surface area contributed by atoms with Gasteiger partial charge >= 0.3 is 23.8 Å². The Balaban J connectivity index is 2.58. The summed E-state index contributed by atoms with van der Waals surface area (Å²) in [5, 5.41) is 4.90. The highest BCUT2D eigenvalue weighted by molar-refractivity contribution is 6.09. The number of esters is 2. The number of nitrogens with one attached hydrogen (secondary N) is 2. The molecule has 0 aromatic heterocycles. The minimum atomic E-state index is -0.787. The van der Waals surface area contributed by atoms with Gasteiger partial charge in [0.15, 0.2) is 0 Å². The molecule has 1 aromatic carbocycles. The molecule has 134 valence electrons. The molecule has 0 aliphatic rings. The number of carbonyl (C=O) groups is 4. The van der Waals surface area contributed by atoms with Gasteiger partial charge < -0.3 is 20.1 Å². The van der Waals surface area contributed by atoms with E-state index in [1.165, 1.54) is 24.3 Å². The molecule has 0 bridgehead atoms. The fourth-order valence-electron chi connectivity index (χ4n) is 1.51. The minimum absolute atomic E-state index is 0.173. The Morgan fingerprint density at radius 3 is 1.38 bits per heavy atom. The van der Waals surface area contributed by atoms with Crippen LogP contribution in [0, 0.1) is 23.7 Å². The van der Waals surface area contributed by atoms with Gasteiger partial charge in [0.25, 0.3) is 0 Å². The van der Waals surface area contributed by atoms with Crippen LogP contribution in [-0.2, 0) is 28.7 Å². The zero-order chi connectivity index (χ0) is 19.4. The molecule has 0 unspecified atom stereocenters. The van der Waals surface area contributed by atoms with Crippen LogP contribution in [0.1, 0.15) is 13.8 Å². The Kier molecular flexibility index (Phi) is 8.49. The Morgan fingerprint density at radius 2 is 1.08 bits per heavy atom. The highest BCUT2D eigenvalue weighted by atomic mass is 16.5. The molecular weight excluding hydrogens is 340 g/mol. The second kappa shape index (κ2) is 10.9. The predicted octanol–water partition coefficient (Wildman–Crippen LogP) is 0.697. The number of carbonyl (C=O) groups excluding carboxylic acids is 4. The molecular formula is C18H16N2O6. The lowest BCUT2D eigenvalue weighted by Gasteiger charge is -2.04. The van der Waals surface area contributed by atoms with E-state index < -0.39 is 23.8 Å². The van der Waals surface area contributed by atoms with Crippen molar-refractivity contribution in [2.45, 2.75) is 13.8 Å². The molecule has 8 nitrogen and oxygen atoms in total. The van der Waals surface area contributed by atoms with E-state index >= 15 is 0 Å². The summed E-state index contributed by atoms with van der Waals surface area (Å²) in [6.07, 6.45) is 0. The van der Waals surface area contributed by atoms with Crippen LogP contribution in [-0.4, -0.2) is 37.0 Å². The summed E-state index contributed by atoms with van der Waals surface area (Å²) in [4.78, 5) is 45.2. The van der Waals surface area contributed by atoms with E-state index in [0.717, 1.165) is 0 Å².